The number of rotatable bonds is 1. The maximum atomic E-state index is 13.1. The Balaban J connectivity index is 2.94. The van der Waals surface area contributed by atoms with Crippen molar-refractivity contribution in [2.24, 2.45) is 0 Å². The van der Waals surface area contributed by atoms with Crippen LogP contribution < -0.4 is 0 Å². The van der Waals surface area contributed by atoms with Crippen molar-refractivity contribution in [1.82, 2.24) is 9.38 Å². The number of aryl methyl sites for hydroxylation is 1. The monoisotopic (exact) mass is 196 g/mol. The lowest BCUT2D eigenvalue weighted by Gasteiger charge is -1.96. The van der Waals surface area contributed by atoms with Gasteiger partial charge in [-0.2, -0.15) is 0 Å². The van der Waals surface area contributed by atoms with Crippen molar-refractivity contribution in [3.63, 3.8) is 0 Å². The van der Waals surface area contributed by atoms with Crippen LogP contribution in [0.25, 0.3) is 5.65 Å². The van der Waals surface area contributed by atoms with Crippen LogP contribution in [-0.2, 0) is 0 Å². The van der Waals surface area contributed by atoms with Gasteiger partial charge in [-0.05, 0) is 6.92 Å². The van der Waals surface area contributed by atoms with Crippen LogP contribution in [0.2, 0.25) is 0 Å². The zero-order valence-electron chi connectivity index (χ0n) is 7.29. The zero-order chi connectivity index (χ0) is 10.3. The maximum absolute atomic E-state index is 13.1. The summed E-state index contributed by atoms with van der Waals surface area (Å²) >= 11 is 0. The number of imidazole rings is 1. The van der Waals surface area contributed by atoms with Crippen LogP contribution in [0.3, 0.4) is 0 Å². The van der Waals surface area contributed by atoms with Crippen molar-refractivity contribution in [3.8, 4) is 0 Å². The van der Waals surface area contributed by atoms with Gasteiger partial charge in [-0.3, -0.25) is 9.20 Å². The molecule has 0 amide bonds. The van der Waals surface area contributed by atoms with Gasteiger partial charge in [-0.1, -0.05) is 0 Å². The van der Waals surface area contributed by atoms with Gasteiger partial charge in [0.15, 0.2) is 17.8 Å². The molecular weight excluding hydrogens is 190 g/mol. The van der Waals surface area contributed by atoms with Crippen LogP contribution in [0.15, 0.2) is 12.3 Å². The van der Waals surface area contributed by atoms with E-state index in [1.807, 2.05) is 0 Å². The summed E-state index contributed by atoms with van der Waals surface area (Å²) in [4.78, 5) is 14.4. The van der Waals surface area contributed by atoms with E-state index < -0.39 is 11.6 Å². The minimum Gasteiger partial charge on any atom is -0.296 e. The van der Waals surface area contributed by atoms with E-state index in [-0.39, 0.29) is 11.3 Å². The molecule has 0 bridgehead atoms. The van der Waals surface area contributed by atoms with Crippen LogP contribution in [0.4, 0.5) is 8.78 Å². The van der Waals surface area contributed by atoms with Gasteiger partial charge in [0.25, 0.3) is 0 Å². The molecule has 0 aliphatic carbocycles. The normalized spacial score (nSPS) is 10.8. The molecule has 0 aliphatic rings. The van der Waals surface area contributed by atoms with Crippen LogP contribution in [-0.4, -0.2) is 15.7 Å². The van der Waals surface area contributed by atoms with E-state index in [1.165, 1.54) is 0 Å². The van der Waals surface area contributed by atoms with Gasteiger partial charge >= 0.3 is 0 Å². The Labute approximate surface area is 78.0 Å². The molecule has 0 aromatic carbocycles. The highest BCUT2D eigenvalue weighted by Crippen LogP contribution is 2.14. The Bertz CT molecular complexity index is 519. The molecule has 0 spiro atoms. The molecule has 0 unspecified atom stereocenters. The molecule has 2 rings (SSSR count). The Morgan fingerprint density at radius 2 is 2.21 bits per heavy atom. The second-order valence-corrected chi connectivity index (χ2v) is 2.90. The fourth-order valence-corrected chi connectivity index (χ4v) is 1.35. The van der Waals surface area contributed by atoms with Gasteiger partial charge < -0.3 is 0 Å². The molecule has 3 nitrogen and oxygen atoms in total. The fraction of sp³-hybridized carbons (Fsp3) is 0.111. The molecule has 2 aromatic heterocycles. The predicted octanol–water partition coefficient (Wildman–Crippen LogP) is 1.73. The summed E-state index contributed by atoms with van der Waals surface area (Å²) in [5.74, 6) is -1.52. The first-order valence-corrected chi connectivity index (χ1v) is 3.92. The predicted molar refractivity (Wildman–Crippen MR) is 45.2 cm³/mol. The van der Waals surface area contributed by atoms with Crippen LogP contribution in [0, 0.1) is 18.6 Å². The summed E-state index contributed by atoms with van der Waals surface area (Å²) in [7, 11) is 0. The van der Waals surface area contributed by atoms with E-state index in [0.29, 0.717) is 12.0 Å². The quantitative estimate of drug-likeness (QED) is 0.651. The highest BCUT2D eigenvalue weighted by atomic mass is 19.1. The smallest absolute Gasteiger partial charge is 0.174 e. The number of aldehydes is 1. The summed E-state index contributed by atoms with van der Waals surface area (Å²) in [5, 5.41) is 0. The van der Waals surface area contributed by atoms with Gasteiger partial charge in [0.05, 0.1) is 5.69 Å². The van der Waals surface area contributed by atoms with Crippen molar-refractivity contribution in [2.75, 3.05) is 0 Å². The molecule has 2 heterocycles. The van der Waals surface area contributed by atoms with E-state index >= 15 is 0 Å². The number of carbonyl (C=O) groups is 1. The minimum absolute atomic E-state index is 0.0361. The van der Waals surface area contributed by atoms with E-state index in [4.69, 9.17) is 0 Å². The number of fused-ring (bicyclic) bond motifs is 1. The van der Waals surface area contributed by atoms with Crippen molar-refractivity contribution in [3.05, 3.63) is 35.3 Å². The first kappa shape index (κ1) is 8.80. The Kier molecular flexibility index (Phi) is 1.80. The Morgan fingerprint density at radius 3 is 2.86 bits per heavy atom. The number of hydrogen-bond donors (Lipinski definition) is 0. The highest BCUT2D eigenvalue weighted by molar-refractivity contribution is 5.76. The van der Waals surface area contributed by atoms with Gasteiger partial charge in [-0.15, -0.1) is 0 Å². The van der Waals surface area contributed by atoms with Crippen molar-refractivity contribution < 1.29 is 13.6 Å². The van der Waals surface area contributed by atoms with E-state index in [1.54, 1.807) is 6.92 Å². The number of halogens is 2. The average molecular weight is 196 g/mol. The summed E-state index contributed by atoms with van der Waals surface area (Å²) in [6, 6.07) is 0.732. The third-order valence-electron chi connectivity index (χ3n) is 1.97. The van der Waals surface area contributed by atoms with Gasteiger partial charge in [0, 0.05) is 12.3 Å². The standard InChI is InChI=1S/C9H6F2N2O/c1-5-8(4-14)13-3-6(10)2-7(11)9(13)12-5/h2-4H,1H3. The number of nitrogens with zero attached hydrogens (tertiary/aromatic N) is 2. The third-order valence-corrected chi connectivity index (χ3v) is 1.97. The first-order valence-electron chi connectivity index (χ1n) is 3.92. The highest BCUT2D eigenvalue weighted by Gasteiger charge is 2.12. The molecule has 14 heavy (non-hydrogen) atoms. The van der Waals surface area contributed by atoms with E-state index in [9.17, 15) is 13.6 Å². The Hall–Kier alpha value is -1.78. The second kappa shape index (κ2) is 2.87. The maximum Gasteiger partial charge on any atom is 0.174 e. The largest absolute Gasteiger partial charge is 0.296 e. The number of pyridine rings is 1. The number of hydrogen-bond acceptors (Lipinski definition) is 2. The van der Waals surface area contributed by atoms with Gasteiger partial charge in [0.1, 0.15) is 11.5 Å². The third kappa shape index (κ3) is 1.09. The topological polar surface area (TPSA) is 34.4 Å². The van der Waals surface area contributed by atoms with Crippen molar-refractivity contribution in [1.29, 1.82) is 0 Å². The summed E-state index contributed by atoms with van der Waals surface area (Å²) in [6.07, 6.45) is 1.55. The fourth-order valence-electron chi connectivity index (χ4n) is 1.35. The lowest BCUT2D eigenvalue weighted by Crippen LogP contribution is -1.95. The van der Waals surface area contributed by atoms with Crippen LogP contribution in [0.1, 0.15) is 16.2 Å². The first-order chi connectivity index (χ1) is 6.63. The summed E-state index contributed by atoms with van der Waals surface area (Å²) in [5.41, 5.74) is 0.508. The number of carbonyl (C=O) groups excluding carboxylic acids is 1. The SMILES string of the molecule is Cc1nc2c(F)cc(F)cn2c1C=O. The van der Waals surface area contributed by atoms with Crippen LogP contribution in [0.5, 0.6) is 0 Å². The summed E-state index contributed by atoms with van der Waals surface area (Å²) < 4.78 is 27.1. The second-order valence-electron chi connectivity index (χ2n) is 2.90. The molecule has 72 valence electrons. The van der Waals surface area contributed by atoms with Crippen molar-refractivity contribution in [2.45, 2.75) is 6.92 Å². The summed E-state index contributed by atoms with van der Waals surface area (Å²) in [6.45, 7) is 1.56. The van der Waals surface area contributed by atoms with E-state index in [0.717, 1.165) is 16.7 Å². The molecule has 0 N–H and O–H groups in total. The molecule has 2 aromatic rings. The molecule has 0 saturated carbocycles. The number of aromatic nitrogens is 2. The lowest BCUT2D eigenvalue weighted by molar-refractivity contribution is 0.111. The molecule has 0 saturated heterocycles. The van der Waals surface area contributed by atoms with Gasteiger partial charge in [0.2, 0.25) is 0 Å². The molecule has 0 fully saturated rings. The molecule has 0 atom stereocenters. The Morgan fingerprint density at radius 1 is 1.50 bits per heavy atom. The minimum atomic E-state index is -0.777. The molecule has 0 aliphatic heterocycles. The zero-order valence-corrected chi connectivity index (χ0v) is 7.29. The molecular formula is C9H6F2N2O. The van der Waals surface area contributed by atoms with Crippen molar-refractivity contribution >= 4 is 11.9 Å². The van der Waals surface area contributed by atoms with E-state index in [2.05, 4.69) is 4.98 Å². The lowest BCUT2D eigenvalue weighted by atomic mass is 10.4. The van der Waals surface area contributed by atoms with Gasteiger partial charge in [-0.25, -0.2) is 13.8 Å². The average Bonchev–Trinajstić information content (AvgIpc) is 2.41. The molecule has 0 radical (unpaired) electrons. The molecule has 5 heteroatoms. The van der Waals surface area contributed by atoms with Crippen LogP contribution >= 0.6 is 0 Å².